The first kappa shape index (κ1) is 13.8. The van der Waals surface area contributed by atoms with Gasteiger partial charge in [-0.3, -0.25) is 4.79 Å². The normalized spacial score (nSPS) is 26.5. The van der Waals surface area contributed by atoms with Crippen LogP contribution >= 0.6 is 11.8 Å². The lowest BCUT2D eigenvalue weighted by Gasteiger charge is -2.28. The number of hydrogen-bond acceptors (Lipinski definition) is 5. The van der Waals surface area contributed by atoms with Crippen molar-refractivity contribution in [3.05, 3.63) is 0 Å². The molecule has 0 saturated carbocycles. The lowest BCUT2D eigenvalue weighted by Crippen LogP contribution is -2.41. The monoisotopic (exact) mass is 247 g/mol. The highest BCUT2D eigenvalue weighted by atomic mass is 32.2. The fourth-order valence-electron chi connectivity index (χ4n) is 1.45. The van der Waals surface area contributed by atoms with Crippen molar-refractivity contribution >= 4 is 17.7 Å². The second kappa shape index (κ2) is 5.89. The fraction of sp³-hybridized carbons (Fsp3) is 0.909. The maximum Gasteiger partial charge on any atom is 0.316 e. The van der Waals surface area contributed by atoms with Crippen molar-refractivity contribution in [1.29, 1.82) is 0 Å². The lowest BCUT2D eigenvalue weighted by atomic mass is 10.1. The molecule has 0 amide bonds. The summed E-state index contributed by atoms with van der Waals surface area (Å²) in [6.07, 6.45) is 0.867. The quantitative estimate of drug-likeness (QED) is 0.759. The highest BCUT2D eigenvalue weighted by Crippen LogP contribution is 2.21. The third kappa shape index (κ3) is 5.18. The van der Waals surface area contributed by atoms with Gasteiger partial charge in [0.1, 0.15) is 5.60 Å². The third-order valence-electron chi connectivity index (χ3n) is 2.19. The van der Waals surface area contributed by atoms with Crippen LogP contribution in [0.3, 0.4) is 0 Å². The minimum Gasteiger partial charge on any atom is -0.459 e. The van der Waals surface area contributed by atoms with Gasteiger partial charge in [0.2, 0.25) is 0 Å². The van der Waals surface area contributed by atoms with Gasteiger partial charge in [0.15, 0.2) is 0 Å². The summed E-state index contributed by atoms with van der Waals surface area (Å²) in [6.45, 7) is 6.96. The van der Waals surface area contributed by atoms with Crippen LogP contribution in [0.4, 0.5) is 0 Å². The largest absolute Gasteiger partial charge is 0.459 e. The van der Waals surface area contributed by atoms with E-state index in [1.165, 1.54) is 11.8 Å². The molecule has 4 nitrogen and oxygen atoms in total. The molecule has 5 heteroatoms. The van der Waals surface area contributed by atoms with E-state index >= 15 is 0 Å². The molecule has 0 radical (unpaired) electrons. The summed E-state index contributed by atoms with van der Waals surface area (Å²) < 4.78 is 10.6. The Labute approximate surface area is 101 Å². The predicted octanol–water partition coefficient (Wildman–Crippen LogP) is 1.18. The Morgan fingerprint density at radius 3 is 2.81 bits per heavy atom. The third-order valence-corrected chi connectivity index (χ3v) is 3.51. The van der Waals surface area contributed by atoms with Gasteiger partial charge < -0.3 is 15.2 Å². The van der Waals surface area contributed by atoms with Crippen LogP contribution in [0.25, 0.3) is 0 Å². The topological polar surface area (TPSA) is 61.5 Å². The van der Waals surface area contributed by atoms with E-state index < -0.39 is 5.60 Å². The molecule has 1 fully saturated rings. The van der Waals surface area contributed by atoms with Crippen molar-refractivity contribution in [2.45, 2.75) is 44.1 Å². The summed E-state index contributed by atoms with van der Waals surface area (Å²) in [6, 6.07) is 0.126. The number of ether oxygens (including phenoxy) is 2. The first-order valence-electron chi connectivity index (χ1n) is 5.55. The molecule has 1 aliphatic heterocycles. The van der Waals surface area contributed by atoms with E-state index in [1.54, 1.807) is 0 Å². The van der Waals surface area contributed by atoms with Crippen molar-refractivity contribution < 1.29 is 14.3 Å². The summed E-state index contributed by atoms with van der Waals surface area (Å²) in [5.41, 5.74) is 5.53. The van der Waals surface area contributed by atoms with Gasteiger partial charge in [-0.15, -0.1) is 11.8 Å². The van der Waals surface area contributed by atoms with Crippen LogP contribution in [0.5, 0.6) is 0 Å². The lowest BCUT2D eigenvalue weighted by molar-refractivity contribution is -0.151. The van der Waals surface area contributed by atoms with Crippen LogP contribution in [0.1, 0.15) is 27.2 Å². The molecule has 2 atom stereocenters. The smallest absolute Gasteiger partial charge is 0.316 e. The summed E-state index contributed by atoms with van der Waals surface area (Å²) in [5.74, 6) is 0.161. The van der Waals surface area contributed by atoms with E-state index in [9.17, 15) is 4.79 Å². The van der Waals surface area contributed by atoms with E-state index in [0.29, 0.717) is 12.4 Å². The summed E-state index contributed by atoms with van der Waals surface area (Å²) >= 11 is 1.53. The summed E-state index contributed by atoms with van der Waals surface area (Å²) in [7, 11) is 0. The average molecular weight is 247 g/mol. The number of rotatable bonds is 3. The first-order chi connectivity index (χ1) is 7.38. The Bertz CT molecular complexity index is 240. The molecule has 0 aromatic heterocycles. The van der Waals surface area contributed by atoms with E-state index in [2.05, 4.69) is 0 Å². The van der Waals surface area contributed by atoms with Crippen molar-refractivity contribution in [3.8, 4) is 0 Å². The van der Waals surface area contributed by atoms with E-state index in [4.69, 9.17) is 15.2 Å². The molecular weight excluding hydrogens is 226 g/mol. The molecule has 0 spiro atoms. The van der Waals surface area contributed by atoms with Crippen molar-refractivity contribution in [2.75, 3.05) is 19.0 Å². The fourth-order valence-corrected chi connectivity index (χ4v) is 2.43. The molecule has 0 aromatic carbocycles. The maximum atomic E-state index is 11.5. The molecule has 0 bridgehead atoms. The number of hydrogen-bond donors (Lipinski definition) is 1. The van der Waals surface area contributed by atoms with Crippen LogP contribution in [-0.4, -0.2) is 41.8 Å². The molecule has 2 N–H and O–H groups in total. The molecule has 1 heterocycles. The Morgan fingerprint density at radius 1 is 1.56 bits per heavy atom. The Balaban J connectivity index is 2.25. The minimum absolute atomic E-state index is 0.126. The van der Waals surface area contributed by atoms with Crippen molar-refractivity contribution in [3.63, 3.8) is 0 Å². The molecule has 2 unspecified atom stereocenters. The molecular formula is C11H21NO3S. The molecule has 1 saturated heterocycles. The second-order valence-electron chi connectivity index (χ2n) is 4.96. The van der Waals surface area contributed by atoms with Crippen molar-refractivity contribution in [2.24, 2.45) is 5.73 Å². The van der Waals surface area contributed by atoms with Crippen LogP contribution < -0.4 is 5.73 Å². The SMILES string of the molecule is CC(C)(C)OC(=O)CSC1COCCC1N. The molecule has 1 rings (SSSR count). The number of carbonyl (C=O) groups excluding carboxylic acids is 1. The Kier molecular flexibility index (Phi) is 5.08. The molecule has 0 aliphatic carbocycles. The van der Waals surface area contributed by atoms with Crippen LogP contribution in [0.2, 0.25) is 0 Å². The van der Waals surface area contributed by atoms with E-state index in [1.807, 2.05) is 20.8 Å². The second-order valence-corrected chi connectivity index (χ2v) is 6.19. The standard InChI is InChI=1S/C11H21NO3S/c1-11(2,3)15-10(13)7-16-9-6-14-5-4-8(9)12/h8-9H,4-7,12H2,1-3H3. The first-order valence-corrected chi connectivity index (χ1v) is 6.60. The molecule has 0 aromatic rings. The zero-order valence-electron chi connectivity index (χ0n) is 10.2. The van der Waals surface area contributed by atoms with E-state index in [0.717, 1.165) is 13.0 Å². The number of esters is 1. The maximum absolute atomic E-state index is 11.5. The number of nitrogens with two attached hydrogens (primary N) is 1. The summed E-state index contributed by atoms with van der Waals surface area (Å²) in [5, 5.41) is 0.210. The average Bonchev–Trinajstić information content (AvgIpc) is 2.14. The van der Waals surface area contributed by atoms with Crippen LogP contribution in [0, 0.1) is 0 Å². The minimum atomic E-state index is -0.414. The zero-order chi connectivity index (χ0) is 12.2. The molecule has 1 aliphatic rings. The van der Waals surface area contributed by atoms with Gasteiger partial charge in [-0.25, -0.2) is 0 Å². The highest BCUT2D eigenvalue weighted by Gasteiger charge is 2.25. The van der Waals surface area contributed by atoms with Gasteiger partial charge in [0, 0.05) is 17.9 Å². The van der Waals surface area contributed by atoms with Gasteiger partial charge >= 0.3 is 5.97 Å². The van der Waals surface area contributed by atoms with Gasteiger partial charge in [0.25, 0.3) is 0 Å². The Morgan fingerprint density at radius 2 is 2.25 bits per heavy atom. The van der Waals surface area contributed by atoms with Gasteiger partial charge in [0.05, 0.1) is 12.4 Å². The van der Waals surface area contributed by atoms with Crippen LogP contribution in [-0.2, 0) is 14.3 Å². The van der Waals surface area contributed by atoms with Gasteiger partial charge in [-0.2, -0.15) is 0 Å². The van der Waals surface area contributed by atoms with Crippen molar-refractivity contribution in [1.82, 2.24) is 0 Å². The summed E-state index contributed by atoms with van der Waals surface area (Å²) in [4.78, 5) is 11.5. The highest BCUT2D eigenvalue weighted by molar-refractivity contribution is 8.00. The van der Waals surface area contributed by atoms with E-state index in [-0.39, 0.29) is 17.3 Å². The van der Waals surface area contributed by atoms with Gasteiger partial charge in [-0.05, 0) is 27.2 Å². The van der Waals surface area contributed by atoms with Crippen LogP contribution in [0.15, 0.2) is 0 Å². The number of thioether (sulfide) groups is 1. The predicted molar refractivity (Wildman–Crippen MR) is 65.5 cm³/mol. The van der Waals surface area contributed by atoms with Gasteiger partial charge in [-0.1, -0.05) is 0 Å². The Hall–Kier alpha value is -0.260. The zero-order valence-corrected chi connectivity index (χ0v) is 11.0. The molecule has 16 heavy (non-hydrogen) atoms. The number of carbonyl (C=O) groups is 1. The molecule has 94 valence electrons.